The van der Waals surface area contributed by atoms with Gasteiger partial charge in [0, 0.05) is 17.7 Å². The first-order valence-electron chi connectivity index (χ1n) is 7.43. The number of benzene rings is 2. The van der Waals surface area contributed by atoms with Gasteiger partial charge in [-0.25, -0.2) is 0 Å². The molecule has 0 radical (unpaired) electrons. The van der Waals surface area contributed by atoms with Gasteiger partial charge in [0.05, 0.1) is 4.47 Å². The minimum atomic E-state index is 0.000860. The second-order valence-corrected chi connectivity index (χ2v) is 5.82. The number of hydrogen-bond donors (Lipinski definition) is 1. The van der Waals surface area contributed by atoms with E-state index in [1.54, 1.807) is 0 Å². The van der Waals surface area contributed by atoms with Crippen molar-refractivity contribution in [1.82, 2.24) is 0 Å². The van der Waals surface area contributed by atoms with Crippen molar-refractivity contribution in [3.05, 3.63) is 58.1 Å². The average Bonchev–Trinajstić information content (AvgIpc) is 2.54. The molecular formula is C18H20BrNO2. The molecule has 1 N–H and O–H groups in total. The quantitative estimate of drug-likeness (QED) is 0.791. The van der Waals surface area contributed by atoms with E-state index in [4.69, 9.17) is 4.74 Å². The van der Waals surface area contributed by atoms with E-state index in [2.05, 4.69) is 40.3 Å². The first-order valence-corrected chi connectivity index (χ1v) is 8.22. The molecule has 0 aromatic heterocycles. The van der Waals surface area contributed by atoms with E-state index >= 15 is 0 Å². The van der Waals surface area contributed by atoms with Crippen molar-refractivity contribution in [1.29, 1.82) is 0 Å². The molecule has 2 aromatic carbocycles. The summed E-state index contributed by atoms with van der Waals surface area (Å²) in [5, 5.41) is 2.90. The highest BCUT2D eigenvalue weighted by Gasteiger charge is 2.07. The Labute approximate surface area is 139 Å². The highest BCUT2D eigenvalue weighted by Crippen LogP contribution is 2.28. The van der Waals surface area contributed by atoms with Gasteiger partial charge in [-0.15, -0.1) is 0 Å². The van der Waals surface area contributed by atoms with Crippen LogP contribution >= 0.6 is 15.9 Å². The van der Waals surface area contributed by atoms with Crippen molar-refractivity contribution in [3.8, 4) is 5.75 Å². The Bertz CT molecular complexity index is 655. The Morgan fingerprint density at radius 1 is 1.18 bits per heavy atom. The zero-order chi connectivity index (χ0) is 15.9. The predicted molar refractivity (Wildman–Crippen MR) is 93.2 cm³/mol. The number of hydrogen-bond acceptors (Lipinski definition) is 2. The fourth-order valence-corrected chi connectivity index (χ4v) is 2.58. The lowest BCUT2D eigenvalue weighted by Crippen LogP contribution is -2.12. The number of ether oxygens (including phenoxy) is 1. The summed E-state index contributed by atoms with van der Waals surface area (Å²) in [4.78, 5) is 11.6. The molecule has 3 nitrogen and oxygen atoms in total. The molecule has 0 spiro atoms. The van der Waals surface area contributed by atoms with E-state index in [0.29, 0.717) is 13.0 Å². The molecule has 4 heteroatoms. The molecule has 0 unspecified atom stereocenters. The van der Waals surface area contributed by atoms with Crippen LogP contribution in [0.1, 0.15) is 31.4 Å². The lowest BCUT2D eigenvalue weighted by molar-refractivity contribution is -0.115. The molecule has 0 heterocycles. The summed E-state index contributed by atoms with van der Waals surface area (Å²) >= 11 is 3.54. The second kappa shape index (κ2) is 7.99. The summed E-state index contributed by atoms with van der Waals surface area (Å²) in [6.07, 6.45) is 1.45. The van der Waals surface area contributed by atoms with E-state index in [1.807, 2.05) is 37.3 Å². The van der Waals surface area contributed by atoms with Crippen molar-refractivity contribution in [3.63, 3.8) is 0 Å². The fourth-order valence-electron chi connectivity index (χ4n) is 2.04. The maximum atomic E-state index is 11.6. The van der Waals surface area contributed by atoms with Gasteiger partial charge in [0.1, 0.15) is 12.4 Å². The highest BCUT2D eigenvalue weighted by molar-refractivity contribution is 9.10. The van der Waals surface area contributed by atoms with Gasteiger partial charge >= 0.3 is 0 Å². The number of anilines is 1. The lowest BCUT2D eigenvalue weighted by atomic mass is 10.1. The second-order valence-electron chi connectivity index (χ2n) is 4.97. The van der Waals surface area contributed by atoms with E-state index in [0.717, 1.165) is 27.9 Å². The molecule has 116 valence electrons. The molecule has 0 saturated heterocycles. The summed E-state index contributed by atoms with van der Waals surface area (Å²) in [6, 6.07) is 13.8. The summed E-state index contributed by atoms with van der Waals surface area (Å²) < 4.78 is 6.83. The minimum absolute atomic E-state index is 0.000860. The Morgan fingerprint density at radius 3 is 2.64 bits per heavy atom. The number of carbonyl (C=O) groups is 1. The SMILES string of the molecule is CCC(=O)Nc1ccccc1COc1ccc(CC)cc1Br. The van der Waals surface area contributed by atoms with Crippen LogP contribution in [-0.4, -0.2) is 5.91 Å². The van der Waals surface area contributed by atoms with Gasteiger partial charge in [-0.1, -0.05) is 38.1 Å². The molecular weight excluding hydrogens is 342 g/mol. The number of aryl methyl sites for hydroxylation is 1. The molecule has 0 fully saturated rings. The number of nitrogens with one attached hydrogen (secondary N) is 1. The monoisotopic (exact) mass is 361 g/mol. The summed E-state index contributed by atoms with van der Waals surface area (Å²) in [5.41, 5.74) is 3.02. The molecule has 2 rings (SSSR count). The normalized spacial score (nSPS) is 10.3. The number of rotatable bonds is 6. The smallest absolute Gasteiger partial charge is 0.224 e. The van der Waals surface area contributed by atoms with Gasteiger partial charge in [-0.3, -0.25) is 4.79 Å². The van der Waals surface area contributed by atoms with E-state index in [9.17, 15) is 4.79 Å². The van der Waals surface area contributed by atoms with Gasteiger partial charge < -0.3 is 10.1 Å². The van der Waals surface area contributed by atoms with Crippen molar-refractivity contribution < 1.29 is 9.53 Å². The number of halogens is 1. The highest BCUT2D eigenvalue weighted by atomic mass is 79.9. The molecule has 22 heavy (non-hydrogen) atoms. The van der Waals surface area contributed by atoms with Crippen LogP contribution in [0.2, 0.25) is 0 Å². The standard InChI is InChI=1S/C18H20BrNO2/c1-3-13-9-10-17(15(19)11-13)22-12-14-7-5-6-8-16(14)20-18(21)4-2/h5-11H,3-4,12H2,1-2H3,(H,20,21). The number of para-hydroxylation sites is 1. The van der Waals surface area contributed by atoms with Crippen LogP contribution in [0.15, 0.2) is 46.9 Å². The largest absolute Gasteiger partial charge is 0.488 e. The topological polar surface area (TPSA) is 38.3 Å². The lowest BCUT2D eigenvalue weighted by Gasteiger charge is -2.13. The van der Waals surface area contributed by atoms with Gasteiger partial charge in [0.15, 0.2) is 0 Å². The minimum Gasteiger partial charge on any atom is -0.488 e. The molecule has 2 aromatic rings. The Kier molecular flexibility index (Phi) is 6.01. The molecule has 0 aliphatic heterocycles. The summed E-state index contributed by atoms with van der Waals surface area (Å²) in [5.74, 6) is 0.801. The zero-order valence-electron chi connectivity index (χ0n) is 12.9. The molecule has 0 atom stereocenters. The number of carbonyl (C=O) groups excluding carboxylic acids is 1. The van der Waals surface area contributed by atoms with Crippen molar-refractivity contribution >= 4 is 27.5 Å². The Hall–Kier alpha value is -1.81. The fraction of sp³-hybridized carbons (Fsp3) is 0.278. The molecule has 1 amide bonds. The third-order valence-corrected chi connectivity index (χ3v) is 4.02. The van der Waals surface area contributed by atoms with Gasteiger partial charge in [-0.2, -0.15) is 0 Å². The van der Waals surface area contributed by atoms with Crippen LogP contribution in [0.3, 0.4) is 0 Å². The van der Waals surface area contributed by atoms with Gasteiger partial charge in [0.25, 0.3) is 0 Å². The summed E-state index contributed by atoms with van der Waals surface area (Å²) in [6.45, 7) is 4.36. The predicted octanol–water partition coefficient (Wildman–Crippen LogP) is 4.94. The van der Waals surface area contributed by atoms with Crippen molar-refractivity contribution in [2.45, 2.75) is 33.3 Å². The first kappa shape index (κ1) is 16.6. The van der Waals surface area contributed by atoms with E-state index in [1.165, 1.54) is 5.56 Å². The van der Waals surface area contributed by atoms with E-state index < -0.39 is 0 Å². The maximum absolute atomic E-state index is 11.6. The number of amides is 1. The zero-order valence-corrected chi connectivity index (χ0v) is 14.4. The average molecular weight is 362 g/mol. The van der Waals surface area contributed by atoms with Crippen LogP contribution in [0.5, 0.6) is 5.75 Å². The van der Waals surface area contributed by atoms with Crippen LogP contribution in [0.4, 0.5) is 5.69 Å². The van der Waals surface area contributed by atoms with E-state index in [-0.39, 0.29) is 5.91 Å². The van der Waals surface area contributed by atoms with Crippen LogP contribution in [0, 0.1) is 0 Å². The maximum Gasteiger partial charge on any atom is 0.224 e. The molecule has 0 saturated carbocycles. The van der Waals surface area contributed by atoms with Gasteiger partial charge in [0.2, 0.25) is 5.91 Å². The Morgan fingerprint density at radius 2 is 1.95 bits per heavy atom. The summed E-state index contributed by atoms with van der Waals surface area (Å²) in [7, 11) is 0. The van der Waals surface area contributed by atoms with Crippen LogP contribution < -0.4 is 10.1 Å². The first-order chi connectivity index (χ1) is 10.6. The van der Waals surface area contributed by atoms with Crippen molar-refractivity contribution in [2.24, 2.45) is 0 Å². The van der Waals surface area contributed by atoms with Crippen LogP contribution in [-0.2, 0) is 17.8 Å². The molecule has 0 aliphatic carbocycles. The molecule has 0 bridgehead atoms. The third-order valence-electron chi connectivity index (χ3n) is 3.40. The Balaban J connectivity index is 2.10. The third kappa shape index (κ3) is 4.34. The van der Waals surface area contributed by atoms with Crippen molar-refractivity contribution in [2.75, 3.05) is 5.32 Å². The van der Waals surface area contributed by atoms with Gasteiger partial charge in [-0.05, 0) is 46.1 Å². The molecule has 0 aliphatic rings. The van der Waals surface area contributed by atoms with Crippen LogP contribution in [0.25, 0.3) is 0 Å².